The lowest BCUT2D eigenvalue weighted by Gasteiger charge is -2.34. The molecule has 0 spiro atoms. The van der Waals surface area contributed by atoms with Crippen LogP contribution < -0.4 is 10.6 Å². The Labute approximate surface area is 95.9 Å². The summed E-state index contributed by atoms with van der Waals surface area (Å²) in [5, 5.41) is 5.33. The molecule has 2 amide bonds. The van der Waals surface area contributed by atoms with E-state index in [2.05, 4.69) is 22.3 Å². The van der Waals surface area contributed by atoms with E-state index in [1.54, 1.807) is 0 Å². The standard InChI is InChI=1S/C11H20N2O3/c1-11(6-4-3-5-7-11)13-9(14)8-12-10(15)16-2/h3-8H2,1-2H3,(H,12,15)(H,13,14). The van der Waals surface area contributed by atoms with Gasteiger partial charge in [0, 0.05) is 5.54 Å². The van der Waals surface area contributed by atoms with Gasteiger partial charge >= 0.3 is 6.09 Å². The Hall–Kier alpha value is -1.26. The SMILES string of the molecule is COC(=O)NCC(=O)NC1(C)CCCCC1. The maximum atomic E-state index is 11.6. The number of alkyl carbamates (subject to hydrolysis) is 1. The first-order chi connectivity index (χ1) is 7.56. The van der Waals surface area contributed by atoms with Gasteiger partial charge in [0.05, 0.1) is 7.11 Å². The minimum atomic E-state index is -0.580. The minimum Gasteiger partial charge on any atom is -0.453 e. The van der Waals surface area contributed by atoms with Crippen LogP contribution in [0.15, 0.2) is 0 Å². The number of carbonyl (C=O) groups excluding carboxylic acids is 2. The van der Waals surface area contributed by atoms with E-state index in [-0.39, 0.29) is 18.0 Å². The van der Waals surface area contributed by atoms with E-state index in [0.29, 0.717) is 0 Å². The number of rotatable bonds is 3. The zero-order valence-corrected chi connectivity index (χ0v) is 9.97. The number of methoxy groups -OCH3 is 1. The number of ether oxygens (including phenoxy) is 1. The van der Waals surface area contributed by atoms with Crippen molar-refractivity contribution in [2.75, 3.05) is 13.7 Å². The smallest absolute Gasteiger partial charge is 0.407 e. The van der Waals surface area contributed by atoms with Gasteiger partial charge in [0.25, 0.3) is 0 Å². The molecule has 1 rings (SSSR count). The summed E-state index contributed by atoms with van der Waals surface area (Å²) in [5.41, 5.74) is -0.104. The molecule has 0 bridgehead atoms. The molecule has 92 valence electrons. The zero-order chi connectivity index (χ0) is 12.0. The average molecular weight is 228 g/mol. The molecule has 1 saturated carbocycles. The van der Waals surface area contributed by atoms with Crippen molar-refractivity contribution < 1.29 is 14.3 Å². The molecular formula is C11H20N2O3. The molecule has 1 aliphatic rings. The summed E-state index contributed by atoms with van der Waals surface area (Å²) in [6.45, 7) is 2.03. The maximum Gasteiger partial charge on any atom is 0.407 e. The summed E-state index contributed by atoms with van der Waals surface area (Å²) < 4.78 is 4.39. The Morgan fingerprint density at radius 2 is 1.88 bits per heavy atom. The van der Waals surface area contributed by atoms with Crippen LogP contribution in [0.25, 0.3) is 0 Å². The van der Waals surface area contributed by atoms with Crippen LogP contribution in [0.5, 0.6) is 0 Å². The quantitative estimate of drug-likeness (QED) is 0.762. The molecule has 2 N–H and O–H groups in total. The van der Waals surface area contributed by atoms with Crippen molar-refractivity contribution in [1.29, 1.82) is 0 Å². The summed E-state index contributed by atoms with van der Waals surface area (Å²) in [4.78, 5) is 22.3. The number of hydrogen-bond donors (Lipinski definition) is 2. The summed E-state index contributed by atoms with van der Waals surface area (Å²) in [6, 6.07) is 0. The lowest BCUT2D eigenvalue weighted by molar-refractivity contribution is -0.122. The highest BCUT2D eigenvalue weighted by atomic mass is 16.5. The topological polar surface area (TPSA) is 67.4 Å². The summed E-state index contributed by atoms with van der Waals surface area (Å²) in [5.74, 6) is -0.158. The monoisotopic (exact) mass is 228 g/mol. The predicted octanol–water partition coefficient (Wildman–Crippen LogP) is 1.18. The Kier molecular flexibility index (Phi) is 4.58. The lowest BCUT2D eigenvalue weighted by atomic mass is 9.83. The van der Waals surface area contributed by atoms with Crippen LogP contribution in [0.4, 0.5) is 4.79 Å². The molecule has 0 aromatic rings. The van der Waals surface area contributed by atoms with Gasteiger partial charge in [-0.3, -0.25) is 4.79 Å². The van der Waals surface area contributed by atoms with Crippen molar-refractivity contribution in [3.8, 4) is 0 Å². The van der Waals surface area contributed by atoms with E-state index in [4.69, 9.17) is 0 Å². The summed E-state index contributed by atoms with van der Waals surface area (Å²) in [7, 11) is 1.27. The molecule has 1 fully saturated rings. The van der Waals surface area contributed by atoms with E-state index in [9.17, 15) is 9.59 Å². The van der Waals surface area contributed by atoms with Crippen molar-refractivity contribution >= 4 is 12.0 Å². The molecule has 1 aliphatic carbocycles. The number of hydrogen-bond acceptors (Lipinski definition) is 3. The lowest BCUT2D eigenvalue weighted by Crippen LogP contribution is -2.50. The highest BCUT2D eigenvalue weighted by molar-refractivity contribution is 5.82. The highest BCUT2D eigenvalue weighted by Gasteiger charge is 2.28. The number of amides is 2. The van der Waals surface area contributed by atoms with E-state index in [1.165, 1.54) is 13.5 Å². The van der Waals surface area contributed by atoms with Gasteiger partial charge in [0.15, 0.2) is 0 Å². The van der Waals surface area contributed by atoms with Gasteiger partial charge < -0.3 is 15.4 Å². The second-order valence-corrected chi connectivity index (χ2v) is 4.51. The Morgan fingerprint density at radius 1 is 1.25 bits per heavy atom. The molecule has 0 unspecified atom stereocenters. The van der Waals surface area contributed by atoms with Crippen molar-refractivity contribution in [1.82, 2.24) is 10.6 Å². The van der Waals surface area contributed by atoms with Gasteiger partial charge in [-0.2, -0.15) is 0 Å². The average Bonchev–Trinajstić information content (AvgIpc) is 2.26. The third-order valence-electron chi connectivity index (χ3n) is 2.98. The van der Waals surface area contributed by atoms with E-state index < -0.39 is 6.09 Å². The fraction of sp³-hybridized carbons (Fsp3) is 0.818. The first-order valence-electron chi connectivity index (χ1n) is 5.68. The van der Waals surface area contributed by atoms with Crippen LogP contribution in [0.2, 0.25) is 0 Å². The van der Waals surface area contributed by atoms with Gasteiger partial charge in [0.2, 0.25) is 5.91 Å². The first kappa shape index (κ1) is 12.8. The molecule has 5 nitrogen and oxygen atoms in total. The molecule has 0 aromatic heterocycles. The van der Waals surface area contributed by atoms with Crippen LogP contribution in [-0.2, 0) is 9.53 Å². The zero-order valence-electron chi connectivity index (χ0n) is 9.97. The third-order valence-corrected chi connectivity index (χ3v) is 2.98. The molecule has 0 radical (unpaired) electrons. The van der Waals surface area contributed by atoms with E-state index in [1.807, 2.05) is 0 Å². The number of nitrogens with one attached hydrogen (secondary N) is 2. The summed E-state index contributed by atoms with van der Waals surface area (Å²) in [6.07, 6.45) is 4.99. The van der Waals surface area contributed by atoms with Gasteiger partial charge in [-0.05, 0) is 19.8 Å². The first-order valence-corrected chi connectivity index (χ1v) is 5.68. The molecule has 0 heterocycles. The van der Waals surface area contributed by atoms with Crippen molar-refractivity contribution in [2.24, 2.45) is 0 Å². The summed E-state index contributed by atoms with van der Waals surface area (Å²) >= 11 is 0. The van der Waals surface area contributed by atoms with Crippen molar-refractivity contribution in [3.05, 3.63) is 0 Å². The Bertz CT molecular complexity index is 260. The van der Waals surface area contributed by atoms with E-state index in [0.717, 1.165) is 25.7 Å². The number of carbonyl (C=O) groups is 2. The largest absolute Gasteiger partial charge is 0.453 e. The molecule has 16 heavy (non-hydrogen) atoms. The van der Waals surface area contributed by atoms with Gasteiger partial charge in [-0.1, -0.05) is 19.3 Å². The fourth-order valence-electron chi connectivity index (χ4n) is 2.06. The van der Waals surface area contributed by atoms with Gasteiger partial charge in [0.1, 0.15) is 6.54 Å². The predicted molar refractivity (Wildman–Crippen MR) is 60.0 cm³/mol. The molecule has 5 heteroatoms. The molecule has 0 aromatic carbocycles. The fourth-order valence-corrected chi connectivity index (χ4v) is 2.06. The Morgan fingerprint density at radius 3 is 2.44 bits per heavy atom. The Balaban J connectivity index is 2.29. The van der Waals surface area contributed by atoms with Crippen LogP contribution in [0.3, 0.4) is 0 Å². The molecular weight excluding hydrogens is 208 g/mol. The van der Waals surface area contributed by atoms with Gasteiger partial charge in [-0.15, -0.1) is 0 Å². The van der Waals surface area contributed by atoms with Crippen LogP contribution in [-0.4, -0.2) is 31.2 Å². The minimum absolute atomic E-state index is 0.0255. The normalized spacial score (nSPS) is 18.6. The van der Waals surface area contributed by atoms with Crippen molar-refractivity contribution in [2.45, 2.75) is 44.6 Å². The highest BCUT2D eigenvalue weighted by Crippen LogP contribution is 2.27. The second kappa shape index (κ2) is 5.72. The van der Waals surface area contributed by atoms with Crippen LogP contribution in [0.1, 0.15) is 39.0 Å². The molecule has 0 atom stereocenters. The second-order valence-electron chi connectivity index (χ2n) is 4.51. The van der Waals surface area contributed by atoms with Gasteiger partial charge in [-0.25, -0.2) is 4.79 Å². The molecule has 0 aliphatic heterocycles. The molecule has 0 saturated heterocycles. The van der Waals surface area contributed by atoms with Crippen LogP contribution in [0, 0.1) is 0 Å². The van der Waals surface area contributed by atoms with E-state index >= 15 is 0 Å². The van der Waals surface area contributed by atoms with Crippen LogP contribution >= 0.6 is 0 Å². The van der Waals surface area contributed by atoms with Crippen molar-refractivity contribution in [3.63, 3.8) is 0 Å². The maximum absolute atomic E-state index is 11.6. The third kappa shape index (κ3) is 4.08.